The van der Waals surface area contributed by atoms with Crippen LogP contribution in [0.1, 0.15) is 0 Å². The van der Waals surface area contributed by atoms with Crippen molar-refractivity contribution in [1.82, 2.24) is 19.8 Å². The number of aromatic nitrogens is 2. The molecule has 0 atom stereocenters. The third-order valence-corrected chi connectivity index (χ3v) is 3.97. The Morgan fingerprint density at radius 2 is 2.00 bits per heavy atom. The Morgan fingerprint density at radius 3 is 2.63 bits per heavy atom. The fourth-order valence-electron chi connectivity index (χ4n) is 2.08. The van der Waals surface area contributed by atoms with Crippen molar-refractivity contribution in [1.29, 1.82) is 0 Å². The van der Waals surface area contributed by atoms with Gasteiger partial charge >= 0.3 is 0 Å². The van der Waals surface area contributed by atoms with Crippen LogP contribution in [0.25, 0.3) is 0 Å². The van der Waals surface area contributed by atoms with E-state index in [-0.39, 0.29) is 0 Å². The molecule has 7 heteroatoms. The molecule has 0 aliphatic carbocycles. The van der Waals surface area contributed by atoms with Crippen molar-refractivity contribution in [2.45, 2.75) is 0 Å². The molecular formula is C12H19BrClN5. The van der Waals surface area contributed by atoms with Gasteiger partial charge in [-0.05, 0) is 41.6 Å². The zero-order valence-corrected chi connectivity index (χ0v) is 13.7. The molecule has 19 heavy (non-hydrogen) atoms. The lowest BCUT2D eigenvalue weighted by atomic mass is 10.3. The summed E-state index contributed by atoms with van der Waals surface area (Å²) in [5, 5.41) is 0.299. The van der Waals surface area contributed by atoms with E-state index in [0.29, 0.717) is 5.28 Å². The molecule has 0 unspecified atom stereocenters. The van der Waals surface area contributed by atoms with Crippen LogP contribution in [0.2, 0.25) is 5.28 Å². The van der Waals surface area contributed by atoms with Gasteiger partial charge in [0.05, 0.1) is 4.47 Å². The van der Waals surface area contributed by atoms with Crippen molar-refractivity contribution in [3.05, 3.63) is 16.0 Å². The summed E-state index contributed by atoms with van der Waals surface area (Å²) in [4.78, 5) is 15.2. The Bertz CT molecular complexity index is 421. The molecule has 0 radical (unpaired) electrons. The molecule has 5 nitrogen and oxygen atoms in total. The SMILES string of the molecule is CN(C)CCN1CCN(c2nc(Cl)ncc2Br)CC1. The number of nitrogens with zero attached hydrogens (tertiary/aromatic N) is 5. The molecule has 106 valence electrons. The summed E-state index contributed by atoms with van der Waals surface area (Å²) < 4.78 is 0.902. The van der Waals surface area contributed by atoms with Crippen LogP contribution in [0.4, 0.5) is 5.82 Å². The van der Waals surface area contributed by atoms with Gasteiger partial charge in [-0.2, -0.15) is 4.98 Å². The lowest BCUT2D eigenvalue weighted by molar-refractivity contribution is 0.229. The van der Waals surface area contributed by atoms with Gasteiger partial charge in [-0.1, -0.05) is 0 Å². The van der Waals surface area contributed by atoms with Crippen LogP contribution in [0.15, 0.2) is 10.7 Å². The monoisotopic (exact) mass is 347 g/mol. The maximum absolute atomic E-state index is 5.86. The zero-order valence-electron chi connectivity index (χ0n) is 11.3. The second-order valence-corrected chi connectivity index (χ2v) is 6.13. The molecule has 2 heterocycles. The molecule has 1 aliphatic rings. The molecule has 0 aromatic carbocycles. The van der Waals surface area contributed by atoms with Gasteiger partial charge in [-0.15, -0.1) is 0 Å². The van der Waals surface area contributed by atoms with E-state index in [1.807, 2.05) is 0 Å². The van der Waals surface area contributed by atoms with E-state index in [2.05, 4.69) is 54.7 Å². The lowest BCUT2D eigenvalue weighted by Gasteiger charge is -2.36. The summed E-state index contributed by atoms with van der Waals surface area (Å²) in [7, 11) is 4.21. The first kappa shape index (κ1) is 15.0. The van der Waals surface area contributed by atoms with Gasteiger partial charge in [0.1, 0.15) is 5.82 Å². The molecule has 0 saturated carbocycles. The highest BCUT2D eigenvalue weighted by atomic mass is 79.9. The molecule has 0 amide bonds. The normalized spacial score (nSPS) is 17.2. The predicted octanol–water partition coefficient (Wildman–Crippen LogP) is 1.58. The van der Waals surface area contributed by atoms with Gasteiger partial charge in [0.2, 0.25) is 5.28 Å². The van der Waals surface area contributed by atoms with E-state index in [4.69, 9.17) is 11.6 Å². The van der Waals surface area contributed by atoms with Crippen molar-refractivity contribution >= 4 is 33.3 Å². The number of hydrogen-bond acceptors (Lipinski definition) is 5. The molecule has 1 saturated heterocycles. The molecule has 2 rings (SSSR count). The molecule has 0 bridgehead atoms. The highest BCUT2D eigenvalue weighted by Gasteiger charge is 2.20. The Hall–Kier alpha value is -0.430. The van der Waals surface area contributed by atoms with E-state index in [1.165, 1.54) is 0 Å². The van der Waals surface area contributed by atoms with E-state index < -0.39 is 0 Å². The van der Waals surface area contributed by atoms with Crippen LogP contribution in [0, 0.1) is 0 Å². The smallest absolute Gasteiger partial charge is 0.224 e. The Balaban J connectivity index is 1.90. The molecule has 0 spiro atoms. The fourth-order valence-corrected chi connectivity index (χ4v) is 2.65. The summed E-state index contributed by atoms with van der Waals surface area (Å²) in [5.41, 5.74) is 0. The number of likely N-dealkylation sites (N-methyl/N-ethyl adjacent to an activating group) is 1. The first-order valence-corrected chi connectivity index (χ1v) is 7.53. The minimum atomic E-state index is 0.299. The Labute approximate surface area is 127 Å². The summed E-state index contributed by atoms with van der Waals surface area (Å²) >= 11 is 9.35. The van der Waals surface area contributed by atoms with Crippen LogP contribution in [-0.4, -0.2) is 73.1 Å². The van der Waals surface area contributed by atoms with E-state index in [1.54, 1.807) is 6.20 Å². The van der Waals surface area contributed by atoms with Crippen molar-refractivity contribution < 1.29 is 0 Å². The lowest BCUT2D eigenvalue weighted by Crippen LogP contribution is -2.48. The highest BCUT2D eigenvalue weighted by molar-refractivity contribution is 9.10. The van der Waals surface area contributed by atoms with Gasteiger partial charge in [-0.25, -0.2) is 4.98 Å². The van der Waals surface area contributed by atoms with E-state index in [9.17, 15) is 0 Å². The van der Waals surface area contributed by atoms with Gasteiger partial charge in [-0.3, -0.25) is 4.90 Å². The molecule has 0 N–H and O–H groups in total. The second kappa shape index (κ2) is 6.83. The molecule has 1 aliphatic heterocycles. The summed E-state index contributed by atoms with van der Waals surface area (Å²) in [5.74, 6) is 0.896. The second-order valence-electron chi connectivity index (χ2n) is 4.94. The minimum Gasteiger partial charge on any atom is -0.353 e. The van der Waals surface area contributed by atoms with Gasteiger partial charge < -0.3 is 9.80 Å². The number of rotatable bonds is 4. The predicted molar refractivity (Wildman–Crippen MR) is 81.9 cm³/mol. The van der Waals surface area contributed by atoms with Crippen LogP contribution in [0.3, 0.4) is 0 Å². The van der Waals surface area contributed by atoms with Crippen molar-refractivity contribution in [2.24, 2.45) is 0 Å². The van der Waals surface area contributed by atoms with Crippen molar-refractivity contribution in [2.75, 3.05) is 58.3 Å². The first-order valence-electron chi connectivity index (χ1n) is 6.36. The molecule has 1 aromatic rings. The summed E-state index contributed by atoms with van der Waals surface area (Å²) in [6.07, 6.45) is 1.71. The maximum atomic E-state index is 5.86. The number of piperazine rings is 1. The third-order valence-electron chi connectivity index (χ3n) is 3.23. The summed E-state index contributed by atoms with van der Waals surface area (Å²) in [6.45, 7) is 6.28. The summed E-state index contributed by atoms with van der Waals surface area (Å²) in [6, 6.07) is 0. The Morgan fingerprint density at radius 1 is 1.32 bits per heavy atom. The average Bonchev–Trinajstić information content (AvgIpc) is 2.40. The highest BCUT2D eigenvalue weighted by Crippen LogP contribution is 2.25. The van der Waals surface area contributed by atoms with E-state index >= 15 is 0 Å². The van der Waals surface area contributed by atoms with Gasteiger partial charge in [0.25, 0.3) is 0 Å². The third kappa shape index (κ3) is 4.27. The number of hydrogen-bond donors (Lipinski definition) is 0. The fraction of sp³-hybridized carbons (Fsp3) is 0.667. The van der Waals surface area contributed by atoms with E-state index in [0.717, 1.165) is 49.6 Å². The van der Waals surface area contributed by atoms with Gasteiger partial charge in [0, 0.05) is 45.5 Å². The number of anilines is 1. The quantitative estimate of drug-likeness (QED) is 0.772. The zero-order chi connectivity index (χ0) is 13.8. The first-order chi connectivity index (χ1) is 9.06. The minimum absolute atomic E-state index is 0.299. The Kier molecular flexibility index (Phi) is 5.38. The van der Waals surface area contributed by atoms with Crippen LogP contribution >= 0.6 is 27.5 Å². The van der Waals surface area contributed by atoms with Crippen LogP contribution in [0.5, 0.6) is 0 Å². The van der Waals surface area contributed by atoms with Crippen molar-refractivity contribution in [3.63, 3.8) is 0 Å². The molecule has 1 fully saturated rings. The molecular weight excluding hydrogens is 330 g/mol. The number of halogens is 2. The standard InChI is InChI=1S/C12H19BrClN5/c1-17(2)3-4-18-5-7-19(8-6-18)11-10(13)9-15-12(14)16-11/h9H,3-8H2,1-2H3. The molecule has 1 aromatic heterocycles. The van der Waals surface area contributed by atoms with Crippen molar-refractivity contribution in [3.8, 4) is 0 Å². The van der Waals surface area contributed by atoms with Crippen LogP contribution < -0.4 is 4.90 Å². The average molecular weight is 349 g/mol. The topological polar surface area (TPSA) is 35.5 Å². The largest absolute Gasteiger partial charge is 0.353 e. The van der Waals surface area contributed by atoms with Gasteiger partial charge in [0.15, 0.2) is 0 Å². The maximum Gasteiger partial charge on any atom is 0.224 e. The van der Waals surface area contributed by atoms with Crippen LogP contribution in [-0.2, 0) is 0 Å².